The van der Waals surface area contributed by atoms with E-state index in [0.29, 0.717) is 24.6 Å². The van der Waals surface area contributed by atoms with E-state index in [4.69, 9.17) is 0 Å². The Bertz CT molecular complexity index is 781. The van der Waals surface area contributed by atoms with Crippen LogP contribution in [-0.2, 0) is 4.79 Å². The Morgan fingerprint density at radius 1 is 1.27 bits per heavy atom. The topological polar surface area (TPSA) is 72.5 Å². The third-order valence-corrected chi connectivity index (χ3v) is 5.16. The molecule has 0 bridgehead atoms. The summed E-state index contributed by atoms with van der Waals surface area (Å²) >= 11 is 0. The molecule has 2 fully saturated rings. The largest absolute Gasteiger partial charge is 0.388 e. The molecule has 4 rings (SSSR count). The van der Waals surface area contributed by atoms with Gasteiger partial charge in [0.15, 0.2) is 5.82 Å². The Kier molecular flexibility index (Phi) is 4.63. The second-order valence-corrected chi connectivity index (χ2v) is 7.10. The van der Waals surface area contributed by atoms with Gasteiger partial charge in [0.25, 0.3) is 0 Å². The lowest BCUT2D eigenvalue weighted by Gasteiger charge is -2.35. The molecule has 2 aliphatic rings. The number of aliphatic hydroxyl groups excluding tert-OH is 1. The summed E-state index contributed by atoms with van der Waals surface area (Å²) in [6, 6.07) is 7.87. The van der Waals surface area contributed by atoms with Crippen molar-refractivity contribution in [1.82, 2.24) is 15.1 Å². The summed E-state index contributed by atoms with van der Waals surface area (Å²) in [5.74, 6) is 1.07. The minimum Gasteiger partial charge on any atom is -0.388 e. The number of carbonyl (C=O) groups excluding carboxylic acids is 1. The number of aliphatic hydroxyl groups is 1. The van der Waals surface area contributed by atoms with Crippen molar-refractivity contribution in [2.45, 2.75) is 31.3 Å². The summed E-state index contributed by atoms with van der Waals surface area (Å²) in [5.41, 5.74) is 1.64. The van der Waals surface area contributed by atoms with Crippen LogP contribution in [0.1, 0.15) is 42.5 Å². The Labute approximate surface area is 151 Å². The van der Waals surface area contributed by atoms with Crippen molar-refractivity contribution >= 4 is 11.7 Å². The van der Waals surface area contributed by atoms with Crippen LogP contribution in [-0.4, -0.2) is 52.3 Å². The van der Waals surface area contributed by atoms with Gasteiger partial charge >= 0.3 is 0 Å². The molecule has 1 aromatic heterocycles. The number of nitrogens with one attached hydrogen (secondary N) is 1. The van der Waals surface area contributed by atoms with E-state index in [9.17, 15) is 14.3 Å². The van der Waals surface area contributed by atoms with Gasteiger partial charge in [-0.25, -0.2) is 4.39 Å². The number of hydrogen-bond acceptors (Lipinski definition) is 4. The molecule has 7 heteroatoms. The Morgan fingerprint density at radius 2 is 2.04 bits per heavy atom. The maximum absolute atomic E-state index is 13.3. The van der Waals surface area contributed by atoms with Crippen molar-refractivity contribution in [2.75, 3.05) is 31.1 Å². The van der Waals surface area contributed by atoms with Crippen LogP contribution in [0.3, 0.4) is 0 Å². The van der Waals surface area contributed by atoms with E-state index in [1.807, 2.05) is 0 Å². The van der Waals surface area contributed by atoms with Crippen molar-refractivity contribution in [3.8, 4) is 0 Å². The first-order valence-electron chi connectivity index (χ1n) is 9.12. The Hall–Kier alpha value is -2.41. The summed E-state index contributed by atoms with van der Waals surface area (Å²) in [5, 5.41) is 17.7. The molecule has 1 unspecified atom stereocenters. The molecule has 1 saturated carbocycles. The Balaban J connectivity index is 1.30. The van der Waals surface area contributed by atoms with Gasteiger partial charge < -0.3 is 14.9 Å². The number of H-pyrrole nitrogens is 1. The number of aromatic amines is 1. The molecular weight excluding hydrogens is 335 g/mol. The van der Waals surface area contributed by atoms with E-state index < -0.39 is 11.9 Å². The SMILES string of the molecule is O=C(CC(O)c1cccc(F)c1)N1CCN(c2cc(C3CC3)[nH]n2)CC1. The van der Waals surface area contributed by atoms with Gasteiger partial charge in [-0.1, -0.05) is 12.1 Å². The molecule has 26 heavy (non-hydrogen) atoms. The number of halogens is 1. The number of aromatic nitrogens is 2. The highest BCUT2D eigenvalue weighted by atomic mass is 19.1. The number of hydrogen-bond donors (Lipinski definition) is 2. The normalized spacial score (nSPS) is 18.8. The highest BCUT2D eigenvalue weighted by Crippen LogP contribution is 2.39. The van der Waals surface area contributed by atoms with Gasteiger partial charge in [-0.05, 0) is 30.5 Å². The molecule has 0 spiro atoms. The van der Waals surface area contributed by atoms with E-state index in [2.05, 4.69) is 21.2 Å². The van der Waals surface area contributed by atoms with Crippen LogP contribution >= 0.6 is 0 Å². The molecule has 2 aromatic rings. The lowest BCUT2D eigenvalue weighted by molar-refractivity contribution is -0.133. The van der Waals surface area contributed by atoms with Gasteiger partial charge in [0.1, 0.15) is 5.82 Å². The number of piperazine rings is 1. The fourth-order valence-electron chi connectivity index (χ4n) is 3.40. The lowest BCUT2D eigenvalue weighted by atomic mass is 10.1. The average molecular weight is 358 g/mol. The van der Waals surface area contributed by atoms with E-state index in [1.165, 1.54) is 36.7 Å². The maximum Gasteiger partial charge on any atom is 0.225 e. The van der Waals surface area contributed by atoms with Gasteiger partial charge in [-0.2, -0.15) is 5.10 Å². The minimum absolute atomic E-state index is 0.0301. The summed E-state index contributed by atoms with van der Waals surface area (Å²) in [4.78, 5) is 16.4. The first-order valence-corrected chi connectivity index (χ1v) is 9.12. The van der Waals surface area contributed by atoms with Crippen molar-refractivity contribution in [2.24, 2.45) is 0 Å². The predicted octanol–water partition coefficient (Wildman–Crippen LogP) is 2.20. The highest BCUT2D eigenvalue weighted by molar-refractivity contribution is 5.77. The lowest BCUT2D eigenvalue weighted by Crippen LogP contribution is -2.49. The zero-order valence-corrected chi connectivity index (χ0v) is 14.6. The van der Waals surface area contributed by atoms with E-state index in [1.54, 1.807) is 11.0 Å². The van der Waals surface area contributed by atoms with Gasteiger partial charge in [0, 0.05) is 43.9 Å². The molecule has 2 heterocycles. The van der Waals surface area contributed by atoms with Crippen LogP contribution in [0.5, 0.6) is 0 Å². The number of rotatable bonds is 5. The van der Waals surface area contributed by atoms with Crippen LogP contribution in [0.4, 0.5) is 10.2 Å². The number of amides is 1. The van der Waals surface area contributed by atoms with E-state index in [0.717, 1.165) is 18.9 Å². The third kappa shape index (κ3) is 3.72. The highest BCUT2D eigenvalue weighted by Gasteiger charge is 2.28. The number of benzene rings is 1. The summed E-state index contributed by atoms with van der Waals surface area (Å²) in [6.45, 7) is 2.63. The summed E-state index contributed by atoms with van der Waals surface area (Å²) in [6.07, 6.45) is 1.45. The van der Waals surface area contributed by atoms with E-state index >= 15 is 0 Å². The molecule has 6 nitrogen and oxygen atoms in total. The molecule has 1 saturated heterocycles. The van der Waals surface area contributed by atoms with Gasteiger partial charge in [-0.3, -0.25) is 9.89 Å². The van der Waals surface area contributed by atoms with Crippen LogP contribution in [0.2, 0.25) is 0 Å². The Morgan fingerprint density at radius 3 is 2.73 bits per heavy atom. The molecule has 0 radical (unpaired) electrons. The fourth-order valence-corrected chi connectivity index (χ4v) is 3.40. The summed E-state index contributed by atoms with van der Waals surface area (Å²) < 4.78 is 13.3. The number of nitrogens with zero attached hydrogens (tertiary/aromatic N) is 3. The van der Waals surface area contributed by atoms with Crippen LogP contribution in [0, 0.1) is 5.82 Å². The smallest absolute Gasteiger partial charge is 0.225 e. The first-order chi connectivity index (χ1) is 12.6. The third-order valence-electron chi connectivity index (χ3n) is 5.16. The molecule has 2 N–H and O–H groups in total. The zero-order valence-electron chi connectivity index (χ0n) is 14.6. The zero-order chi connectivity index (χ0) is 18.1. The molecule has 1 amide bonds. The van der Waals surface area contributed by atoms with Crippen LogP contribution in [0.25, 0.3) is 0 Å². The van der Waals surface area contributed by atoms with Gasteiger partial charge in [0.05, 0.1) is 12.5 Å². The maximum atomic E-state index is 13.3. The quantitative estimate of drug-likeness (QED) is 0.859. The summed E-state index contributed by atoms with van der Waals surface area (Å²) in [7, 11) is 0. The molecule has 1 aromatic carbocycles. The number of anilines is 1. The second-order valence-electron chi connectivity index (χ2n) is 7.10. The van der Waals surface area contributed by atoms with Crippen LogP contribution in [0.15, 0.2) is 30.3 Å². The number of carbonyl (C=O) groups is 1. The van der Waals surface area contributed by atoms with Crippen molar-refractivity contribution in [3.05, 3.63) is 47.4 Å². The van der Waals surface area contributed by atoms with Crippen molar-refractivity contribution in [1.29, 1.82) is 0 Å². The standard InChI is InChI=1S/C19H23FN4O2/c20-15-3-1-2-14(10-15)17(25)12-19(26)24-8-6-23(7-9-24)18-11-16(21-22-18)13-4-5-13/h1-3,10-11,13,17,25H,4-9,12H2,(H,21,22). The first kappa shape index (κ1) is 17.0. The molecule has 1 aliphatic carbocycles. The average Bonchev–Trinajstić information content (AvgIpc) is 3.39. The predicted molar refractivity (Wildman–Crippen MR) is 95.3 cm³/mol. The fraction of sp³-hybridized carbons (Fsp3) is 0.474. The van der Waals surface area contributed by atoms with Gasteiger partial charge in [0.2, 0.25) is 5.91 Å². The monoisotopic (exact) mass is 358 g/mol. The molecule has 138 valence electrons. The molecule has 1 aliphatic heterocycles. The minimum atomic E-state index is -0.983. The molecular formula is C19H23FN4O2. The van der Waals surface area contributed by atoms with Gasteiger partial charge in [-0.15, -0.1) is 0 Å². The van der Waals surface area contributed by atoms with E-state index in [-0.39, 0.29) is 12.3 Å². The van der Waals surface area contributed by atoms with Crippen molar-refractivity contribution in [3.63, 3.8) is 0 Å². The van der Waals surface area contributed by atoms with Crippen molar-refractivity contribution < 1.29 is 14.3 Å². The van der Waals surface area contributed by atoms with Crippen LogP contribution < -0.4 is 4.90 Å². The second kappa shape index (κ2) is 7.07. The molecule has 1 atom stereocenters.